The van der Waals surface area contributed by atoms with Crippen molar-refractivity contribution in [1.82, 2.24) is 19.9 Å². The van der Waals surface area contributed by atoms with Crippen LogP contribution in [0, 0.1) is 23.0 Å². The molecule has 35 heavy (non-hydrogen) atoms. The Kier molecular flexibility index (Phi) is 5.25. The maximum absolute atomic E-state index is 16.2. The van der Waals surface area contributed by atoms with Gasteiger partial charge in [-0.15, -0.1) is 11.3 Å². The average molecular weight is 495 g/mol. The highest BCUT2D eigenvalue weighted by atomic mass is 32.1. The standard InChI is InChI=1S/C24H20F2N6O2S/c1-32-4-2-3-11(32)8-34-24-30-6-13-14-9-33-10-15(14)17(19(26)20(13)31-24)21-18-12(5-27)23(28)35-22(18)16(25)7-29-21/h6-7,11H,2-4,8-10,28H2,1H3/t11-/m0/s1. The summed E-state index contributed by atoms with van der Waals surface area (Å²) in [6.45, 7) is 1.81. The molecule has 2 aliphatic heterocycles. The second-order valence-electron chi connectivity index (χ2n) is 8.75. The van der Waals surface area contributed by atoms with Crippen LogP contribution in [0.5, 0.6) is 6.01 Å². The number of benzene rings is 1. The molecule has 11 heteroatoms. The molecule has 0 spiro atoms. The third-order valence-corrected chi connectivity index (χ3v) is 7.83. The molecule has 178 valence electrons. The first-order chi connectivity index (χ1) is 17.0. The van der Waals surface area contributed by atoms with E-state index in [2.05, 4.69) is 19.9 Å². The molecule has 2 aliphatic rings. The number of ether oxygens (including phenoxy) is 2. The molecule has 0 bridgehead atoms. The molecule has 0 aliphatic carbocycles. The van der Waals surface area contributed by atoms with Crippen LogP contribution in [0.1, 0.15) is 29.5 Å². The molecule has 3 aromatic heterocycles. The summed E-state index contributed by atoms with van der Waals surface area (Å²) >= 11 is 0.940. The SMILES string of the molecule is CN1CCC[C@H]1COc1ncc2c3c(c(-c4ncc(F)c5sc(N)c(C#N)c45)c(F)c2n1)COC3. The van der Waals surface area contributed by atoms with E-state index in [-0.39, 0.29) is 62.7 Å². The topological polar surface area (TPSA) is 110 Å². The van der Waals surface area contributed by atoms with E-state index in [0.29, 0.717) is 17.6 Å². The zero-order valence-corrected chi connectivity index (χ0v) is 19.6. The van der Waals surface area contributed by atoms with E-state index >= 15 is 4.39 Å². The van der Waals surface area contributed by atoms with Gasteiger partial charge < -0.3 is 20.1 Å². The van der Waals surface area contributed by atoms with Gasteiger partial charge in [0.05, 0.1) is 35.4 Å². The Hall–Kier alpha value is -3.46. The molecule has 1 aromatic carbocycles. The maximum Gasteiger partial charge on any atom is 0.317 e. The Labute approximate surface area is 202 Å². The molecule has 5 heterocycles. The van der Waals surface area contributed by atoms with E-state index < -0.39 is 11.6 Å². The third kappa shape index (κ3) is 3.40. The number of likely N-dealkylation sites (tertiary alicyclic amines) is 1. The summed E-state index contributed by atoms with van der Waals surface area (Å²) < 4.78 is 42.4. The number of thiophene rings is 1. The van der Waals surface area contributed by atoms with Crippen LogP contribution in [-0.2, 0) is 18.0 Å². The van der Waals surface area contributed by atoms with E-state index in [0.717, 1.165) is 42.5 Å². The van der Waals surface area contributed by atoms with Gasteiger partial charge in [-0.25, -0.2) is 13.8 Å². The van der Waals surface area contributed by atoms with Gasteiger partial charge in [0.15, 0.2) is 11.6 Å². The van der Waals surface area contributed by atoms with E-state index in [4.69, 9.17) is 15.2 Å². The lowest BCUT2D eigenvalue weighted by atomic mass is 9.94. The lowest BCUT2D eigenvalue weighted by molar-refractivity contribution is 0.135. The highest BCUT2D eigenvalue weighted by molar-refractivity contribution is 7.23. The van der Waals surface area contributed by atoms with Crippen molar-refractivity contribution in [2.24, 2.45) is 0 Å². The molecule has 0 saturated carbocycles. The molecule has 8 nitrogen and oxygen atoms in total. The fraction of sp³-hybridized carbons (Fsp3) is 0.333. The number of likely N-dealkylation sites (N-methyl/N-ethyl adjacent to an activating group) is 1. The number of aromatic nitrogens is 3. The van der Waals surface area contributed by atoms with Crippen LogP contribution < -0.4 is 10.5 Å². The maximum atomic E-state index is 16.2. The van der Waals surface area contributed by atoms with Crippen LogP contribution in [0.4, 0.5) is 13.8 Å². The van der Waals surface area contributed by atoms with Crippen LogP contribution >= 0.6 is 11.3 Å². The molecule has 0 unspecified atom stereocenters. The number of fused-ring (bicyclic) bond motifs is 4. The summed E-state index contributed by atoms with van der Waals surface area (Å²) in [5.41, 5.74) is 7.70. The van der Waals surface area contributed by atoms with Crippen molar-refractivity contribution in [2.45, 2.75) is 32.1 Å². The van der Waals surface area contributed by atoms with Crippen molar-refractivity contribution in [1.29, 1.82) is 5.26 Å². The second-order valence-corrected chi connectivity index (χ2v) is 9.81. The predicted octanol–water partition coefficient (Wildman–Crippen LogP) is 4.14. The molecule has 1 fully saturated rings. The zero-order valence-electron chi connectivity index (χ0n) is 18.8. The molecule has 2 N–H and O–H groups in total. The van der Waals surface area contributed by atoms with E-state index in [1.165, 1.54) is 0 Å². The summed E-state index contributed by atoms with van der Waals surface area (Å²) in [5, 5.41) is 10.5. The number of anilines is 1. The molecule has 1 atom stereocenters. The third-order valence-electron chi connectivity index (χ3n) is 6.80. The van der Waals surface area contributed by atoms with Crippen molar-refractivity contribution in [3.05, 3.63) is 40.7 Å². The quantitative estimate of drug-likeness (QED) is 0.451. The van der Waals surface area contributed by atoms with Gasteiger partial charge in [-0.05, 0) is 37.6 Å². The average Bonchev–Trinajstić information content (AvgIpc) is 3.58. The van der Waals surface area contributed by atoms with Crippen molar-refractivity contribution in [3.63, 3.8) is 0 Å². The van der Waals surface area contributed by atoms with Gasteiger partial charge in [0.1, 0.15) is 23.2 Å². The van der Waals surface area contributed by atoms with Crippen molar-refractivity contribution >= 4 is 37.3 Å². The predicted molar refractivity (Wildman–Crippen MR) is 127 cm³/mol. The number of hydrogen-bond donors (Lipinski definition) is 1. The van der Waals surface area contributed by atoms with Gasteiger partial charge in [0.25, 0.3) is 0 Å². The van der Waals surface area contributed by atoms with Crippen LogP contribution in [0.2, 0.25) is 0 Å². The molecule has 6 rings (SSSR count). The fourth-order valence-electron chi connectivity index (χ4n) is 4.96. The Morgan fingerprint density at radius 2 is 2.11 bits per heavy atom. The van der Waals surface area contributed by atoms with Crippen LogP contribution in [0.15, 0.2) is 12.4 Å². The molecule has 0 radical (unpaired) electrons. The number of hydrogen-bond acceptors (Lipinski definition) is 9. The minimum Gasteiger partial charge on any atom is -0.462 e. The number of pyridine rings is 1. The first-order valence-electron chi connectivity index (χ1n) is 11.2. The van der Waals surface area contributed by atoms with Crippen molar-refractivity contribution in [2.75, 3.05) is 25.9 Å². The number of nitrogen functional groups attached to an aromatic ring is 1. The first-order valence-corrected chi connectivity index (χ1v) is 12.0. The molecular weight excluding hydrogens is 474 g/mol. The Bertz CT molecular complexity index is 1550. The second kappa shape index (κ2) is 8.34. The van der Waals surface area contributed by atoms with Gasteiger partial charge in [-0.2, -0.15) is 10.2 Å². The molecule has 1 saturated heterocycles. The number of halogens is 2. The summed E-state index contributed by atoms with van der Waals surface area (Å²) in [4.78, 5) is 15.1. The Balaban J connectivity index is 1.54. The van der Waals surface area contributed by atoms with E-state index in [9.17, 15) is 9.65 Å². The van der Waals surface area contributed by atoms with Crippen LogP contribution in [0.3, 0.4) is 0 Å². The highest BCUT2D eigenvalue weighted by Crippen LogP contribution is 2.44. The number of nitriles is 1. The lowest BCUT2D eigenvalue weighted by Crippen LogP contribution is -2.30. The highest BCUT2D eigenvalue weighted by Gasteiger charge is 2.30. The number of nitrogens with two attached hydrogens (primary N) is 1. The molecule has 4 aromatic rings. The van der Waals surface area contributed by atoms with Gasteiger partial charge in [0, 0.05) is 28.6 Å². The first kappa shape index (κ1) is 22.0. The largest absolute Gasteiger partial charge is 0.462 e. The Morgan fingerprint density at radius 1 is 1.29 bits per heavy atom. The van der Waals surface area contributed by atoms with Gasteiger partial charge >= 0.3 is 6.01 Å². The van der Waals surface area contributed by atoms with Crippen molar-refractivity contribution < 1.29 is 18.3 Å². The van der Waals surface area contributed by atoms with Gasteiger partial charge in [-0.1, -0.05) is 0 Å². The van der Waals surface area contributed by atoms with Gasteiger partial charge in [0.2, 0.25) is 0 Å². The summed E-state index contributed by atoms with van der Waals surface area (Å²) in [6, 6.07) is 2.35. The molecule has 0 amide bonds. The smallest absolute Gasteiger partial charge is 0.317 e. The summed E-state index contributed by atoms with van der Waals surface area (Å²) in [5.74, 6) is -1.27. The number of nitrogens with zero attached hydrogens (tertiary/aromatic N) is 5. The van der Waals surface area contributed by atoms with Crippen LogP contribution in [0.25, 0.3) is 32.2 Å². The Morgan fingerprint density at radius 3 is 2.89 bits per heavy atom. The molecular formula is C24H20F2N6O2S. The summed E-state index contributed by atoms with van der Waals surface area (Å²) in [6.07, 6.45) is 4.69. The van der Waals surface area contributed by atoms with Crippen LogP contribution in [-0.4, -0.2) is 46.1 Å². The number of rotatable bonds is 4. The zero-order chi connectivity index (χ0) is 24.3. The fourth-order valence-corrected chi connectivity index (χ4v) is 5.88. The van der Waals surface area contributed by atoms with Crippen molar-refractivity contribution in [3.8, 4) is 23.3 Å². The van der Waals surface area contributed by atoms with Gasteiger partial charge in [-0.3, -0.25) is 4.98 Å². The minimum atomic E-state index is -0.649. The monoisotopic (exact) mass is 494 g/mol. The minimum absolute atomic E-state index is 0.0648. The normalized spacial score (nSPS) is 17.8. The summed E-state index contributed by atoms with van der Waals surface area (Å²) in [7, 11) is 2.04. The lowest BCUT2D eigenvalue weighted by Gasteiger charge is -2.19. The van der Waals surface area contributed by atoms with E-state index in [1.807, 2.05) is 13.1 Å². The van der Waals surface area contributed by atoms with E-state index in [1.54, 1.807) is 6.20 Å².